The maximum atomic E-state index is 12.5. The summed E-state index contributed by atoms with van der Waals surface area (Å²) < 4.78 is 6.07. The largest absolute Gasteiger partial charge is 0.431 e. The zero-order valence-electron chi connectivity index (χ0n) is 16.9. The standard InChI is InChI=1S/C25H22N2O2S/c1-17-13-14-18(2)21(15-17)26-22(28)16-30-25-27-23(19-9-5-3-6-10-19)24(29-25)20-11-7-4-8-12-20/h3-15H,16H2,1-2H3,(H,26,28). The summed E-state index contributed by atoms with van der Waals surface area (Å²) in [6.45, 7) is 3.99. The highest BCUT2D eigenvalue weighted by atomic mass is 32.2. The van der Waals surface area contributed by atoms with Gasteiger partial charge >= 0.3 is 0 Å². The Hall–Kier alpha value is -3.31. The lowest BCUT2D eigenvalue weighted by Gasteiger charge is -2.08. The molecule has 0 aliphatic heterocycles. The van der Waals surface area contributed by atoms with E-state index in [2.05, 4.69) is 10.3 Å². The molecule has 0 unspecified atom stereocenters. The van der Waals surface area contributed by atoms with Crippen LogP contribution in [0.2, 0.25) is 0 Å². The molecule has 150 valence electrons. The van der Waals surface area contributed by atoms with Gasteiger partial charge in [-0.2, -0.15) is 0 Å². The first-order chi connectivity index (χ1) is 14.6. The SMILES string of the molecule is Cc1ccc(C)c(NC(=O)CSc2nc(-c3ccccc3)c(-c3ccccc3)o2)c1. The lowest BCUT2D eigenvalue weighted by molar-refractivity contribution is -0.113. The average Bonchev–Trinajstić information content (AvgIpc) is 3.20. The van der Waals surface area contributed by atoms with Crippen LogP contribution in [0.25, 0.3) is 22.6 Å². The zero-order valence-corrected chi connectivity index (χ0v) is 17.7. The predicted molar refractivity (Wildman–Crippen MR) is 123 cm³/mol. The van der Waals surface area contributed by atoms with Crippen molar-refractivity contribution in [3.05, 3.63) is 90.0 Å². The van der Waals surface area contributed by atoms with Gasteiger partial charge in [-0.3, -0.25) is 4.79 Å². The summed E-state index contributed by atoms with van der Waals surface area (Å²) in [6.07, 6.45) is 0. The van der Waals surface area contributed by atoms with Crippen LogP contribution in [0.3, 0.4) is 0 Å². The molecule has 30 heavy (non-hydrogen) atoms. The lowest BCUT2D eigenvalue weighted by Crippen LogP contribution is -2.14. The van der Waals surface area contributed by atoms with Crippen LogP contribution in [-0.4, -0.2) is 16.6 Å². The molecule has 0 saturated heterocycles. The summed E-state index contributed by atoms with van der Waals surface area (Å²) in [5, 5.41) is 3.45. The number of nitrogens with zero attached hydrogens (tertiary/aromatic N) is 1. The maximum absolute atomic E-state index is 12.5. The smallest absolute Gasteiger partial charge is 0.257 e. The summed E-state index contributed by atoms with van der Waals surface area (Å²) in [6, 6.07) is 25.8. The van der Waals surface area contributed by atoms with Crippen molar-refractivity contribution in [1.82, 2.24) is 4.98 Å². The third kappa shape index (κ3) is 4.63. The van der Waals surface area contributed by atoms with E-state index in [-0.39, 0.29) is 11.7 Å². The van der Waals surface area contributed by atoms with Crippen molar-refractivity contribution in [2.75, 3.05) is 11.1 Å². The number of hydrogen-bond donors (Lipinski definition) is 1. The molecule has 0 bridgehead atoms. The highest BCUT2D eigenvalue weighted by molar-refractivity contribution is 7.99. The Bertz CT molecular complexity index is 1100. The van der Waals surface area contributed by atoms with Gasteiger partial charge in [0.05, 0.1) is 5.75 Å². The number of carbonyl (C=O) groups is 1. The Balaban J connectivity index is 1.54. The second kappa shape index (κ2) is 9.01. The van der Waals surface area contributed by atoms with Crippen LogP contribution in [0.4, 0.5) is 5.69 Å². The number of carbonyl (C=O) groups excluding carboxylic acids is 1. The fraction of sp³-hybridized carbons (Fsp3) is 0.120. The van der Waals surface area contributed by atoms with Gasteiger partial charge in [-0.1, -0.05) is 84.6 Å². The molecule has 1 heterocycles. The number of hydrogen-bond acceptors (Lipinski definition) is 4. The van der Waals surface area contributed by atoms with E-state index in [9.17, 15) is 4.79 Å². The number of benzene rings is 3. The number of anilines is 1. The van der Waals surface area contributed by atoms with E-state index in [1.807, 2.05) is 92.7 Å². The number of aromatic nitrogens is 1. The molecule has 5 heteroatoms. The highest BCUT2D eigenvalue weighted by Crippen LogP contribution is 2.35. The first-order valence-electron chi connectivity index (χ1n) is 9.72. The molecule has 0 atom stereocenters. The minimum Gasteiger partial charge on any atom is -0.431 e. The van der Waals surface area contributed by atoms with Crippen LogP contribution in [-0.2, 0) is 4.79 Å². The van der Waals surface area contributed by atoms with Gasteiger partial charge in [0.1, 0.15) is 5.69 Å². The Kier molecular flexibility index (Phi) is 6.00. The van der Waals surface area contributed by atoms with Crippen LogP contribution in [0, 0.1) is 13.8 Å². The quantitative estimate of drug-likeness (QED) is 0.373. The van der Waals surface area contributed by atoms with E-state index in [0.29, 0.717) is 11.0 Å². The second-order valence-electron chi connectivity index (χ2n) is 7.04. The zero-order chi connectivity index (χ0) is 20.9. The van der Waals surface area contributed by atoms with Gasteiger partial charge in [0.2, 0.25) is 5.91 Å². The van der Waals surface area contributed by atoms with Gasteiger partial charge in [-0.25, -0.2) is 4.98 Å². The molecule has 0 fully saturated rings. The molecule has 0 aliphatic rings. The first kappa shape index (κ1) is 20.0. The molecular formula is C25H22N2O2S. The molecule has 1 amide bonds. The van der Waals surface area contributed by atoms with Gasteiger partial charge in [0, 0.05) is 16.8 Å². The van der Waals surface area contributed by atoms with Crippen molar-refractivity contribution in [3.8, 4) is 22.6 Å². The van der Waals surface area contributed by atoms with Gasteiger partial charge in [-0.05, 0) is 31.0 Å². The molecule has 4 rings (SSSR count). The molecule has 0 saturated carbocycles. The molecule has 4 aromatic rings. The molecule has 4 nitrogen and oxygen atoms in total. The van der Waals surface area contributed by atoms with Gasteiger partial charge in [-0.15, -0.1) is 0 Å². The van der Waals surface area contributed by atoms with E-state index in [0.717, 1.165) is 33.6 Å². The fourth-order valence-electron chi connectivity index (χ4n) is 3.12. The summed E-state index contributed by atoms with van der Waals surface area (Å²) in [4.78, 5) is 17.2. The van der Waals surface area contributed by atoms with Crippen molar-refractivity contribution in [1.29, 1.82) is 0 Å². The topological polar surface area (TPSA) is 55.1 Å². The van der Waals surface area contributed by atoms with E-state index in [1.165, 1.54) is 11.8 Å². The second-order valence-corrected chi connectivity index (χ2v) is 7.97. The Morgan fingerprint density at radius 3 is 2.30 bits per heavy atom. The average molecular weight is 415 g/mol. The predicted octanol–water partition coefficient (Wildman–Crippen LogP) is 6.36. The molecule has 1 aromatic heterocycles. The van der Waals surface area contributed by atoms with Crippen molar-refractivity contribution < 1.29 is 9.21 Å². The molecule has 3 aromatic carbocycles. The van der Waals surface area contributed by atoms with Crippen molar-refractivity contribution in [2.24, 2.45) is 0 Å². The minimum atomic E-state index is -0.0885. The number of thioether (sulfide) groups is 1. The Labute approximate surface area is 180 Å². The third-order valence-corrected chi connectivity index (χ3v) is 5.51. The van der Waals surface area contributed by atoms with Crippen LogP contribution >= 0.6 is 11.8 Å². The van der Waals surface area contributed by atoms with Crippen molar-refractivity contribution >= 4 is 23.4 Å². The van der Waals surface area contributed by atoms with Crippen molar-refractivity contribution in [2.45, 2.75) is 19.1 Å². The molecule has 1 N–H and O–H groups in total. The lowest BCUT2D eigenvalue weighted by atomic mass is 10.1. The third-order valence-electron chi connectivity index (χ3n) is 4.68. The summed E-state index contributed by atoms with van der Waals surface area (Å²) in [5.41, 5.74) is 5.69. The Morgan fingerprint density at radius 2 is 1.60 bits per heavy atom. The van der Waals surface area contributed by atoms with E-state index in [1.54, 1.807) is 0 Å². The van der Waals surface area contributed by atoms with E-state index >= 15 is 0 Å². The molecule has 0 spiro atoms. The number of oxazole rings is 1. The van der Waals surface area contributed by atoms with Crippen LogP contribution in [0.15, 0.2) is 88.5 Å². The minimum absolute atomic E-state index is 0.0885. The monoisotopic (exact) mass is 414 g/mol. The van der Waals surface area contributed by atoms with Gasteiger partial charge in [0.15, 0.2) is 5.76 Å². The fourth-order valence-corrected chi connectivity index (χ4v) is 3.75. The molecular weight excluding hydrogens is 392 g/mol. The van der Waals surface area contributed by atoms with Crippen LogP contribution in [0.1, 0.15) is 11.1 Å². The van der Waals surface area contributed by atoms with E-state index in [4.69, 9.17) is 4.42 Å². The summed E-state index contributed by atoms with van der Waals surface area (Å²) >= 11 is 1.29. The van der Waals surface area contributed by atoms with Gasteiger partial charge in [0.25, 0.3) is 5.22 Å². The van der Waals surface area contributed by atoms with Gasteiger partial charge < -0.3 is 9.73 Å². The molecule has 0 radical (unpaired) electrons. The normalized spacial score (nSPS) is 10.7. The number of rotatable bonds is 6. The number of aryl methyl sites for hydroxylation is 2. The van der Waals surface area contributed by atoms with Crippen LogP contribution in [0.5, 0.6) is 0 Å². The first-order valence-corrected chi connectivity index (χ1v) is 10.7. The summed E-state index contributed by atoms with van der Waals surface area (Å²) in [5.74, 6) is 0.838. The Morgan fingerprint density at radius 1 is 0.933 bits per heavy atom. The van der Waals surface area contributed by atoms with Crippen molar-refractivity contribution in [3.63, 3.8) is 0 Å². The summed E-state index contributed by atoms with van der Waals surface area (Å²) in [7, 11) is 0. The molecule has 0 aliphatic carbocycles. The number of nitrogens with one attached hydrogen (secondary N) is 1. The highest BCUT2D eigenvalue weighted by Gasteiger charge is 2.18. The van der Waals surface area contributed by atoms with E-state index < -0.39 is 0 Å². The maximum Gasteiger partial charge on any atom is 0.257 e. The number of amides is 1. The van der Waals surface area contributed by atoms with Crippen LogP contribution < -0.4 is 5.32 Å².